The van der Waals surface area contributed by atoms with Gasteiger partial charge in [0.15, 0.2) is 0 Å². The van der Waals surface area contributed by atoms with Crippen LogP contribution in [0.4, 0.5) is 13.2 Å². The standard InChI is InChI=1S/C14H15ClF3NO/c15-9-5-7-10(8-6-9)19-13(20)11-3-1-2-4-12(11)14(16,17)18/h1-4,9-10H,5-8H2,(H,19,20). The van der Waals surface area contributed by atoms with E-state index in [1.54, 1.807) is 0 Å². The van der Waals surface area contributed by atoms with Gasteiger partial charge in [0, 0.05) is 11.4 Å². The van der Waals surface area contributed by atoms with Crippen molar-refractivity contribution in [1.82, 2.24) is 5.32 Å². The Balaban J connectivity index is 2.10. The quantitative estimate of drug-likeness (QED) is 0.823. The van der Waals surface area contributed by atoms with Crippen LogP contribution in [-0.2, 0) is 6.18 Å². The molecule has 0 heterocycles. The second-order valence-corrected chi connectivity index (χ2v) is 5.58. The van der Waals surface area contributed by atoms with Crippen LogP contribution >= 0.6 is 11.6 Å². The molecule has 0 atom stereocenters. The van der Waals surface area contributed by atoms with Crippen LogP contribution in [0.15, 0.2) is 24.3 Å². The van der Waals surface area contributed by atoms with Crippen molar-refractivity contribution in [3.63, 3.8) is 0 Å². The minimum atomic E-state index is -4.53. The Morgan fingerprint density at radius 2 is 1.75 bits per heavy atom. The van der Waals surface area contributed by atoms with Gasteiger partial charge >= 0.3 is 6.18 Å². The molecule has 1 N–H and O–H groups in total. The van der Waals surface area contributed by atoms with E-state index in [9.17, 15) is 18.0 Å². The molecule has 0 bridgehead atoms. The molecule has 0 spiro atoms. The molecule has 1 fully saturated rings. The summed E-state index contributed by atoms with van der Waals surface area (Å²) in [6.45, 7) is 0. The van der Waals surface area contributed by atoms with Crippen LogP contribution in [-0.4, -0.2) is 17.3 Å². The highest BCUT2D eigenvalue weighted by Crippen LogP contribution is 2.32. The summed E-state index contributed by atoms with van der Waals surface area (Å²) in [6, 6.07) is 4.73. The number of hydrogen-bond acceptors (Lipinski definition) is 1. The molecule has 20 heavy (non-hydrogen) atoms. The van der Waals surface area contributed by atoms with Gasteiger partial charge in [-0.1, -0.05) is 12.1 Å². The van der Waals surface area contributed by atoms with Crippen LogP contribution in [0.3, 0.4) is 0 Å². The van der Waals surface area contributed by atoms with Gasteiger partial charge in [0.2, 0.25) is 0 Å². The first kappa shape index (κ1) is 15.2. The average molecular weight is 306 g/mol. The van der Waals surface area contributed by atoms with Gasteiger partial charge in [-0.25, -0.2) is 0 Å². The number of carbonyl (C=O) groups excluding carboxylic acids is 1. The summed E-state index contributed by atoms with van der Waals surface area (Å²) in [5.74, 6) is -0.670. The summed E-state index contributed by atoms with van der Waals surface area (Å²) in [5, 5.41) is 2.77. The molecule has 1 aromatic carbocycles. The number of hydrogen-bond donors (Lipinski definition) is 1. The molecule has 2 nitrogen and oxygen atoms in total. The largest absolute Gasteiger partial charge is 0.417 e. The monoisotopic (exact) mass is 305 g/mol. The average Bonchev–Trinajstić information content (AvgIpc) is 2.40. The lowest BCUT2D eigenvalue weighted by atomic mass is 9.94. The first-order valence-electron chi connectivity index (χ1n) is 6.49. The number of rotatable bonds is 2. The van der Waals surface area contributed by atoms with Gasteiger partial charge in [-0.3, -0.25) is 4.79 Å². The van der Waals surface area contributed by atoms with Crippen LogP contribution in [0.1, 0.15) is 41.6 Å². The summed E-state index contributed by atoms with van der Waals surface area (Å²) >= 11 is 5.96. The summed E-state index contributed by atoms with van der Waals surface area (Å²) in [4.78, 5) is 12.0. The van der Waals surface area contributed by atoms with Crippen molar-refractivity contribution in [3.8, 4) is 0 Å². The Kier molecular flexibility index (Phi) is 4.58. The van der Waals surface area contributed by atoms with Crippen molar-refractivity contribution in [2.75, 3.05) is 0 Å². The van der Waals surface area contributed by atoms with Crippen molar-refractivity contribution >= 4 is 17.5 Å². The lowest BCUT2D eigenvalue weighted by Crippen LogP contribution is -2.38. The molecule has 0 radical (unpaired) electrons. The zero-order valence-corrected chi connectivity index (χ0v) is 11.5. The third-order valence-corrected chi connectivity index (χ3v) is 3.91. The van der Waals surface area contributed by atoms with Gasteiger partial charge in [-0.2, -0.15) is 13.2 Å². The van der Waals surface area contributed by atoms with Crippen molar-refractivity contribution in [1.29, 1.82) is 0 Å². The van der Waals surface area contributed by atoms with Crippen LogP contribution < -0.4 is 5.32 Å². The fourth-order valence-corrected chi connectivity index (χ4v) is 2.64. The van der Waals surface area contributed by atoms with E-state index >= 15 is 0 Å². The van der Waals surface area contributed by atoms with E-state index in [1.807, 2.05) is 0 Å². The molecule has 0 aliphatic heterocycles. The molecule has 0 unspecified atom stereocenters. The molecule has 1 aromatic rings. The summed E-state index contributed by atoms with van der Waals surface area (Å²) < 4.78 is 38.5. The zero-order chi connectivity index (χ0) is 14.8. The topological polar surface area (TPSA) is 29.1 Å². The van der Waals surface area contributed by atoms with E-state index in [4.69, 9.17) is 11.6 Å². The predicted molar refractivity (Wildman–Crippen MR) is 70.8 cm³/mol. The number of nitrogens with one attached hydrogen (secondary N) is 1. The summed E-state index contributed by atoms with van der Waals surface area (Å²) in [5.41, 5.74) is -1.23. The number of alkyl halides is 4. The van der Waals surface area contributed by atoms with E-state index < -0.39 is 17.6 Å². The Morgan fingerprint density at radius 3 is 2.35 bits per heavy atom. The Bertz CT molecular complexity index is 482. The number of benzene rings is 1. The molecule has 0 saturated heterocycles. The molecule has 1 aliphatic rings. The molecular weight excluding hydrogens is 291 g/mol. The predicted octanol–water partition coefficient (Wildman–Crippen LogP) is 3.99. The molecule has 1 amide bonds. The maximum Gasteiger partial charge on any atom is 0.417 e. The Morgan fingerprint density at radius 1 is 1.15 bits per heavy atom. The first-order chi connectivity index (χ1) is 9.38. The number of amides is 1. The third-order valence-electron chi connectivity index (χ3n) is 3.47. The van der Waals surface area contributed by atoms with Gasteiger partial charge in [0.1, 0.15) is 0 Å². The van der Waals surface area contributed by atoms with Crippen molar-refractivity contribution in [2.45, 2.75) is 43.3 Å². The second-order valence-electron chi connectivity index (χ2n) is 4.97. The number of carbonyl (C=O) groups is 1. The molecule has 1 saturated carbocycles. The van der Waals surface area contributed by atoms with E-state index in [0.717, 1.165) is 18.9 Å². The molecular formula is C14H15ClF3NO. The normalized spacial score (nSPS) is 23.4. The van der Waals surface area contributed by atoms with Crippen molar-refractivity contribution in [2.24, 2.45) is 0 Å². The van der Waals surface area contributed by atoms with E-state index in [2.05, 4.69) is 5.32 Å². The number of halogens is 4. The lowest BCUT2D eigenvalue weighted by molar-refractivity contribution is -0.137. The molecule has 0 aromatic heterocycles. The molecule has 2 rings (SSSR count). The van der Waals surface area contributed by atoms with Gasteiger partial charge in [-0.15, -0.1) is 11.6 Å². The van der Waals surface area contributed by atoms with E-state index in [1.165, 1.54) is 18.2 Å². The van der Waals surface area contributed by atoms with Crippen molar-refractivity contribution < 1.29 is 18.0 Å². The molecule has 1 aliphatic carbocycles. The maximum absolute atomic E-state index is 12.8. The van der Waals surface area contributed by atoms with Gasteiger partial charge in [-0.05, 0) is 37.8 Å². The highest BCUT2D eigenvalue weighted by atomic mass is 35.5. The fourth-order valence-electron chi connectivity index (χ4n) is 2.39. The fraction of sp³-hybridized carbons (Fsp3) is 0.500. The summed E-state index contributed by atoms with van der Waals surface area (Å²) in [7, 11) is 0. The van der Waals surface area contributed by atoms with Crippen LogP contribution in [0.25, 0.3) is 0 Å². The van der Waals surface area contributed by atoms with Gasteiger partial charge in [0.05, 0.1) is 11.1 Å². The summed E-state index contributed by atoms with van der Waals surface area (Å²) in [6.07, 6.45) is -1.58. The lowest BCUT2D eigenvalue weighted by Gasteiger charge is -2.26. The Hall–Kier alpha value is -1.23. The highest BCUT2D eigenvalue weighted by molar-refractivity contribution is 6.20. The SMILES string of the molecule is O=C(NC1CCC(Cl)CC1)c1ccccc1C(F)(F)F. The molecule has 6 heteroatoms. The van der Waals surface area contributed by atoms with Crippen molar-refractivity contribution in [3.05, 3.63) is 35.4 Å². The zero-order valence-electron chi connectivity index (χ0n) is 10.7. The van der Waals surface area contributed by atoms with Crippen LogP contribution in [0.2, 0.25) is 0 Å². The van der Waals surface area contributed by atoms with E-state index in [-0.39, 0.29) is 17.0 Å². The smallest absolute Gasteiger partial charge is 0.349 e. The minimum Gasteiger partial charge on any atom is -0.349 e. The Labute approximate surface area is 120 Å². The molecule has 110 valence electrons. The van der Waals surface area contributed by atoms with E-state index in [0.29, 0.717) is 12.8 Å². The maximum atomic E-state index is 12.8. The first-order valence-corrected chi connectivity index (χ1v) is 6.92. The highest BCUT2D eigenvalue weighted by Gasteiger charge is 2.35. The minimum absolute atomic E-state index is 0.0983. The second kappa shape index (κ2) is 6.04. The third kappa shape index (κ3) is 3.66. The van der Waals surface area contributed by atoms with Gasteiger partial charge in [0.25, 0.3) is 5.91 Å². The van der Waals surface area contributed by atoms with Crippen LogP contribution in [0, 0.1) is 0 Å². The van der Waals surface area contributed by atoms with Crippen LogP contribution in [0.5, 0.6) is 0 Å². The van der Waals surface area contributed by atoms with Gasteiger partial charge < -0.3 is 5.32 Å².